The molecule has 276 valence electrons. The van der Waals surface area contributed by atoms with E-state index in [1.165, 1.54) is 83.5 Å². The lowest BCUT2D eigenvalue weighted by molar-refractivity contribution is -0.144. The molecule has 0 fully saturated rings. The van der Waals surface area contributed by atoms with Crippen LogP contribution in [0.15, 0.2) is 12.3 Å². The fourth-order valence-electron chi connectivity index (χ4n) is 6.66. The lowest BCUT2D eigenvalue weighted by Gasteiger charge is -2.30. The summed E-state index contributed by atoms with van der Waals surface area (Å²) in [5.74, 6) is -0.605. The topological polar surface area (TPSA) is 63.2 Å². The van der Waals surface area contributed by atoms with Gasteiger partial charge in [-0.1, -0.05) is 194 Å². The highest BCUT2D eigenvalue weighted by Gasteiger charge is 2.49. The van der Waals surface area contributed by atoms with Gasteiger partial charge in [0.2, 0.25) is 5.54 Å². The molecule has 47 heavy (non-hydrogen) atoms. The van der Waals surface area contributed by atoms with E-state index in [0.717, 1.165) is 109 Å². The molecular weight excluding hydrogens is 578 g/mol. The number of nitrogens with one attached hydrogen (secondary N) is 1. The molecule has 0 bridgehead atoms. The Morgan fingerprint density at radius 2 is 0.638 bits per heavy atom. The Kier molecular flexibility index (Phi) is 33.4. The number of hydrogen-bond donors (Lipinski definition) is 1. The number of carbonyl (C=O) groups is 3. The van der Waals surface area contributed by atoms with Gasteiger partial charge in [-0.15, -0.1) is 0 Å². The number of unbranched alkanes of at least 4 members (excludes halogenated alkanes) is 26. The molecule has 4 nitrogen and oxygen atoms in total. The van der Waals surface area contributed by atoms with Crippen LogP contribution in [-0.4, -0.2) is 22.9 Å². The first-order valence-electron chi connectivity index (χ1n) is 21.0. The van der Waals surface area contributed by atoms with Gasteiger partial charge >= 0.3 is 0 Å². The molecule has 0 aliphatic carbocycles. The average Bonchev–Trinajstić information content (AvgIpc) is 3.07. The van der Waals surface area contributed by atoms with Crippen molar-refractivity contribution >= 4 is 17.3 Å². The van der Waals surface area contributed by atoms with Gasteiger partial charge in [-0.2, -0.15) is 0 Å². The quantitative estimate of drug-likeness (QED) is 0.0529. The molecule has 1 N–H and O–H groups in total. The maximum atomic E-state index is 13.9. The normalized spacial score (nSPS) is 11.8. The summed E-state index contributed by atoms with van der Waals surface area (Å²) in [5.41, 5.74) is -1.70. The average molecular weight is 660 g/mol. The molecule has 0 unspecified atom stereocenters. The Balaban J connectivity index is 5.04. The number of allylic oxidation sites excluding steroid dienone is 1. The van der Waals surface area contributed by atoms with Crippen molar-refractivity contribution in [2.75, 3.05) is 0 Å². The van der Waals surface area contributed by atoms with Gasteiger partial charge in [0.25, 0.3) is 0 Å². The summed E-state index contributed by atoms with van der Waals surface area (Å²) in [4.78, 5) is 41.7. The maximum absolute atomic E-state index is 13.9. The fraction of sp³-hybridized carbons (Fsp3) is 0.884. The van der Waals surface area contributed by atoms with Crippen molar-refractivity contribution < 1.29 is 14.4 Å². The van der Waals surface area contributed by atoms with E-state index >= 15 is 0 Å². The largest absolute Gasteiger partial charge is 0.367 e. The highest BCUT2D eigenvalue weighted by atomic mass is 16.2. The third-order valence-electron chi connectivity index (χ3n) is 9.92. The molecule has 0 rings (SSSR count). The van der Waals surface area contributed by atoms with Gasteiger partial charge in [0.1, 0.15) is 0 Å². The Hall–Kier alpha value is -1.45. The molecule has 0 saturated carbocycles. The first-order valence-corrected chi connectivity index (χ1v) is 21.0. The van der Waals surface area contributed by atoms with E-state index < -0.39 is 5.54 Å². The molecule has 0 saturated heterocycles. The van der Waals surface area contributed by atoms with Crippen LogP contribution in [-0.2, 0) is 14.4 Å². The van der Waals surface area contributed by atoms with Crippen LogP contribution < -0.4 is 5.32 Å². The van der Waals surface area contributed by atoms with Gasteiger partial charge in [-0.3, -0.25) is 14.4 Å². The lowest BCUT2D eigenvalue weighted by atomic mass is 9.78. The minimum Gasteiger partial charge on any atom is -0.367 e. The molecule has 0 atom stereocenters. The first-order chi connectivity index (χ1) is 23.0. The second-order valence-electron chi connectivity index (χ2n) is 14.4. The Morgan fingerprint density at radius 3 is 0.936 bits per heavy atom. The maximum Gasteiger partial charge on any atom is 0.214 e. The van der Waals surface area contributed by atoms with Crippen molar-refractivity contribution in [2.24, 2.45) is 0 Å². The monoisotopic (exact) mass is 660 g/mol. The van der Waals surface area contributed by atoms with Crippen molar-refractivity contribution in [1.29, 1.82) is 0 Å². The minimum atomic E-state index is -1.70. The summed E-state index contributed by atoms with van der Waals surface area (Å²) < 4.78 is 0. The predicted octanol–water partition coefficient (Wildman–Crippen LogP) is 13.5. The van der Waals surface area contributed by atoms with E-state index in [2.05, 4.69) is 33.0 Å². The predicted molar refractivity (Wildman–Crippen MR) is 205 cm³/mol. The molecule has 4 heteroatoms. The van der Waals surface area contributed by atoms with Crippen LogP contribution >= 0.6 is 0 Å². The van der Waals surface area contributed by atoms with Crippen LogP contribution in [0.3, 0.4) is 0 Å². The van der Waals surface area contributed by atoms with Crippen molar-refractivity contribution in [3.8, 4) is 0 Å². The molecule has 0 radical (unpaired) electrons. The van der Waals surface area contributed by atoms with Crippen LogP contribution in [0.5, 0.6) is 0 Å². The van der Waals surface area contributed by atoms with Crippen LogP contribution in [0, 0.1) is 0 Å². The molecule has 0 heterocycles. The van der Waals surface area contributed by atoms with E-state index in [4.69, 9.17) is 0 Å². The van der Waals surface area contributed by atoms with E-state index in [1.54, 1.807) is 6.20 Å². The number of ketones is 3. The SMILES string of the molecule is CCCCCCCCCCCCCCCCC=CNC(C(=O)CCCCCCC)(C(=O)CCCCCCC)C(=O)CCCCCCC. The van der Waals surface area contributed by atoms with Gasteiger partial charge in [0.15, 0.2) is 17.3 Å². The van der Waals surface area contributed by atoms with Gasteiger partial charge in [0, 0.05) is 19.3 Å². The fourth-order valence-corrected chi connectivity index (χ4v) is 6.66. The molecule has 0 aromatic heterocycles. The summed E-state index contributed by atoms with van der Waals surface area (Å²) in [7, 11) is 0. The second-order valence-corrected chi connectivity index (χ2v) is 14.4. The Morgan fingerprint density at radius 1 is 0.383 bits per heavy atom. The van der Waals surface area contributed by atoms with E-state index in [1.807, 2.05) is 6.08 Å². The van der Waals surface area contributed by atoms with Crippen molar-refractivity contribution in [1.82, 2.24) is 5.32 Å². The standard InChI is InChI=1S/C43H81NO3/c1-5-9-13-17-18-19-20-21-22-23-24-25-26-27-31-35-39-44-43(40(45)36-32-28-14-10-6-2,41(46)37-33-29-15-11-7-3)42(47)38-34-30-16-12-8-4/h35,39,44H,5-34,36-38H2,1-4H3. The van der Waals surface area contributed by atoms with Gasteiger partial charge in [0.05, 0.1) is 0 Å². The molecular formula is C43H81NO3. The number of Topliss-reactive ketones (excluding diaryl/α,β-unsaturated/α-hetero) is 3. The number of rotatable bonds is 38. The molecule has 0 amide bonds. The van der Waals surface area contributed by atoms with Crippen molar-refractivity contribution in [2.45, 2.75) is 245 Å². The number of hydrogen-bond acceptors (Lipinski definition) is 4. The molecule has 0 aromatic carbocycles. The summed E-state index contributed by atoms with van der Waals surface area (Å²) in [6.07, 6.45) is 39.8. The van der Waals surface area contributed by atoms with E-state index in [0.29, 0.717) is 19.3 Å². The zero-order valence-corrected chi connectivity index (χ0v) is 32.2. The highest BCUT2D eigenvalue weighted by Crippen LogP contribution is 2.23. The van der Waals surface area contributed by atoms with Gasteiger partial charge < -0.3 is 5.32 Å². The van der Waals surface area contributed by atoms with Crippen molar-refractivity contribution in [3.63, 3.8) is 0 Å². The van der Waals surface area contributed by atoms with Crippen LogP contribution in [0.4, 0.5) is 0 Å². The van der Waals surface area contributed by atoms with Gasteiger partial charge in [-0.05, 0) is 38.3 Å². The Bertz CT molecular complexity index is 694. The molecule has 0 aromatic rings. The number of carbonyl (C=O) groups excluding carboxylic acids is 3. The van der Waals surface area contributed by atoms with Crippen LogP contribution in [0.1, 0.15) is 240 Å². The van der Waals surface area contributed by atoms with Gasteiger partial charge in [-0.25, -0.2) is 0 Å². The van der Waals surface area contributed by atoms with Crippen LogP contribution in [0.2, 0.25) is 0 Å². The molecule has 0 aliphatic heterocycles. The van der Waals surface area contributed by atoms with E-state index in [-0.39, 0.29) is 17.3 Å². The molecule has 0 spiro atoms. The summed E-state index contributed by atoms with van der Waals surface area (Å²) in [5, 5.41) is 3.21. The van der Waals surface area contributed by atoms with Crippen molar-refractivity contribution in [3.05, 3.63) is 12.3 Å². The zero-order chi connectivity index (χ0) is 34.7. The second kappa shape index (κ2) is 34.4. The molecule has 0 aliphatic rings. The minimum absolute atomic E-state index is 0.202. The third-order valence-corrected chi connectivity index (χ3v) is 9.92. The Labute approximate surface area is 293 Å². The van der Waals surface area contributed by atoms with E-state index in [9.17, 15) is 14.4 Å². The summed E-state index contributed by atoms with van der Waals surface area (Å²) in [6.45, 7) is 8.83. The third kappa shape index (κ3) is 24.4. The first kappa shape index (κ1) is 45.6. The summed E-state index contributed by atoms with van der Waals surface area (Å²) in [6, 6.07) is 0. The highest BCUT2D eigenvalue weighted by molar-refractivity contribution is 6.29. The summed E-state index contributed by atoms with van der Waals surface area (Å²) >= 11 is 0. The zero-order valence-electron chi connectivity index (χ0n) is 32.2. The smallest absolute Gasteiger partial charge is 0.214 e. The lowest BCUT2D eigenvalue weighted by Crippen LogP contribution is -2.62. The van der Waals surface area contributed by atoms with Crippen LogP contribution in [0.25, 0.3) is 0 Å².